The van der Waals surface area contributed by atoms with Crippen LogP contribution in [0.15, 0.2) is 303 Å². The van der Waals surface area contributed by atoms with Crippen LogP contribution in [0.5, 0.6) is 0 Å². The molecule has 0 heterocycles. The molecule has 0 fully saturated rings. The zero-order valence-electron chi connectivity index (χ0n) is 43.8. The number of hydrogen-bond donors (Lipinski definition) is 0. The van der Waals surface area contributed by atoms with Crippen LogP contribution in [0, 0.1) is 13.8 Å². The number of nitrogens with zero attached hydrogens (tertiary/aromatic N) is 2. The molecular formula is C76H56N2. The minimum Gasteiger partial charge on any atom is -0.310 e. The Labute approximate surface area is 458 Å². The smallest absolute Gasteiger partial charge is 0.0733 e. The quantitative estimate of drug-likeness (QED) is 0.127. The van der Waals surface area contributed by atoms with Crippen LogP contribution in [0.1, 0.15) is 55.6 Å². The van der Waals surface area contributed by atoms with Crippen molar-refractivity contribution >= 4 is 34.1 Å². The second-order valence-electron chi connectivity index (χ2n) is 20.9. The van der Waals surface area contributed by atoms with Gasteiger partial charge in [-0.3, -0.25) is 0 Å². The summed E-state index contributed by atoms with van der Waals surface area (Å²) >= 11 is 0. The minimum absolute atomic E-state index is 0.573. The van der Waals surface area contributed by atoms with Gasteiger partial charge < -0.3 is 9.80 Å². The topological polar surface area (TPSA) is 6.48 Å². The van der Waals surface area contributed by atoms with Crippen molar-refractivity contribution in [2.45, 2.75) is 24.7 Å². The average molecular weight is 997 g/mol. The monoisotopic (exact) mass is 996 g/mol. The van der Waals surface area contributed by atoms with Crippen molar-refractivity contribution in [2.24, 2.45) is 0 Å². The third-order valence-electron chi connectivity index (χ3n) is 16.6. The molecule has 0 aromatic heterocycles. The third-order valence-corrected chi connectivity index (χ3v) is 16.6. The summed E-state index contributed by atoms with van der Waals surface area (Å²) < 4.78 is 0. The maximum absolute atomic E-state index is 2.45. The highest BCUT2D eigenvalue weighted by molar-refractivity contribution is 5.93. The van der Waals surface area contributed by atoms with Crippen molar-refractivity contribution in [2.75, 3.05) is 9.80 Å². The Hall–Kier alpha value is -9.76. The van der Waals surface area contributed by atoms with Gasteiger partial charge in [0, 0.05) is 22.7 Å². The molecule has 0 atom stereocenters. The first-order valence-electron chi connectivity index (χ1n) is 27.2. The van der Waals surface area contributed by atoms with Gasteiger partial charge in [-0.2, -0.15) is 0 Å². The number of aryl methyl sites for hydroxylation is 2. The van der Waals surface area contributed by atoms with Gasteiger partial charge in [-0.05, 0) is 152 Å². The van der Waals surface area contributed by atoms with Crippen molar-refractivity contribution in [3.8, 4) is 33.4 Å². The van der Waals surface area contributed by atoms with Crippen LogP contribution in [0.4, 0.5) is 34.1 Å². The van der Waals surface area contributed by atoms with Gasteiger partial charge in [-0.25, -0.2) is 0 Å². The van der Waals surface area contributed by atoms with E-state index in [1.165, 1.54) is 77.9 Å². The number of anilines is 6. The standard InChI is InChI=1S/C76H56N2/c1-53-37-45-59(46-38-53)77(73-35-19-17-33-71(73)75(57-21-5-3-6-22-57)67-29-13-9-25-63(67)64-26-10-14-30-68(64)75)61-49-41-55(42-50-61)56-43-51-62(52-44-56)78(60-47-39-54(2)40-48-60)74-36-20-18-34-72(74)76(58-23-7-4-8-24-58)69-31-15-11-27-65(69)66-28-12-16-32-70(66)76/h3-52H,1-2H3. The Morgan fingerprint density at radius 3 is 0.769 bits per heavy atom. The molecule has 2 nitrogen and oxygen atoms in total. The number of rotatable bonds is 11. The maximum atomic E-state index is 2.45. The Kier molecular flexibility index (Phi) is 11.5. The number of para-hydroxylation sites is 2. The van der Waals surface area contributed by atoms with Crippen LogP contribution in [-0.2, 0) is 10.8 Å². The van der Waals surface area contributed by atoms with Gasteiger partial charge in [0.25, 0.3) is 0 Å². The molecule has 12 aromatic rings. The van der Waals surface area contributed by atoms with Crippen LogP contribution in [-0.4, -0.2) is 0 Å². The first-order chi connectivity index (χ1) is 38.5. The molecular weight excluding hydrogens is 941 g/mol. The fourth-order valence-corrected chi connectivity index (χ4v) is 13.2. The fraction of sp³-hybridized carbons (Fsp3) is 0.0526. The Morgan fingerprint density at radius 2 is 0.462 bits per heavy atom. The molecule has 12 aromatic carbocycles. The summed E-state index contributed by atoms with van der Waals surface area (Å²) in [6, 6.07) is 113. The van der Waals surface area contributed by atoms with Gasteiger partial charge in [-0.15, -0.1) is 0 Å². The number of fused-ring (bicyclic) bond motifs is 6. The lowest BCUT2D eigenvalue weighted by Crippen LogP contribution is -2.30. The number of benzene rings is 12. The largest absolute Gasteiger partial charge is 0.310 e. The van der Waals surface area contributed by atoms with Crippen LogP contribution in [0.3, 0.4) is 0 Å². The van der Waals surface area contributed by atoms with Gasteiger partial charge in [0.15, 0.2) is 0 Å². The zero-order valence-corrected chi connectivity index (χ0v) is 43.8. The summed E-state index contributed by atoms with van der Waals surface area (Å²) in [7, 11) is 0. The highest BCUT2D eigenvalue weighted by Crippen LogP contribution is 2.60. The lowest BCUT2D eigenvalue weighted by Gasteiger charge is -2.38. The van der Waals surface area contributed by atoms with E-state index < -0.39 is 10.8 Å². The average Bonchev–Trinajstić information content (AvgIpc) is 4.21. The SMILES string of the molecule is Cc1ccc(N(c2ccc(-c3ccc(N(c4ccc(C)cc4)c4ccccc4C4(c5ccccc5)c5ccccc5-c5ccccc54)cc3)cc2)c2ccccc2C2(c3ccccc3)c3ccccc3-c3ccccc32)cc1. The van der Waals surface area contributed by atoms with E-state index in [9.17, 15) is 0 Å². The normalized spacial score (nSPS) is 13.2. The van der Waals surface area contributed by atoms with E-state index in [1.807, 2.05) is 0 Å². The molecule has 2 aliphatic rings. The minimum atomic E-state index is -0.573. The first kappa shape index (κ1) is 46.7. The Balaban J connectivity index is 0.887. The summed E-state index contributed by atoms with van der Waals surface area (Å²) in [6.07, 6.45) is 0. The fourth-order valence-electron chi connectivity index (χ4n) is 13.2. The van der Waals surface area contributed by atoms with E-state index in [4.69, 9.17) is 0 Å². The second kappa shape index (κ2) is 19.1. The molecule has 0 unspecified atom stereocenters. The Bertz CT molecular complexity index is 3780. The maximum Gasteiger partial charge on any atom is 0.0733 e. The van der Waals surface area contributed by atoms with Crippen LogP contribution < -0.4 is 9.80 Å². The predicted octanol–water partition coefficient (Wildman–Crippen LogP) is 19.6. The van der Waals surface area contributed by atoms with Gasteiger partial charge in [0.2, 0.25) is 0 Å². The van der Waals surface area contributed by atoms with Gasteiger partial charge in [-0.1, -0.05) is 254 Å². The highest BCUT2D eigenvalue weighted by Gasteiger charge is 2.49. The lowest BCUT2D eigenvalue weighted by molar-refractivity contribution is 0.768. The van der Waals surface area contributed by atoms with Crippen LogP contribution in [0.25, 0.3) is 33.4 Å². The molecule has 0 bridgehead atoms. The highest BCUT2D eigenvalue weighted by atomic mass is 15.2. The molecule has 0 radical (unpaired) electrons. The van der Waals surface area contributed by atoms with Crippen LogP contribution >= 0.6 is 0 Å². The molecule has 0 N–H and O–H groups in total. The molecule has 0 saturated heterocycles. The molecule has 2 heteroatoms. The third kappa shape index (κ3) is 7.32. The number of hydrogen-bond acceptors (Lipinski definition) is 2. The van der Waals surface area contributed by atoms with E-state index >= 15 is 0 Å². The first-order valence-corrected chi connectivity index (χ1v) is 27.2. The van der Waals surface area contributed by atoms with E-state index in [-0.39, 0.29) is 0 Å². The van der Waals surface area contributed by atoms with Crippen molar-refractivity contribution in [3.63, 3.8) is 0 Å². The molecule has 2 aliphatic carbocycles. The van der Waals surface area contributed by atoms with Crippen LogP contribution in [0.2, 0.25) is 0 Å². The van der Waals surface area contributed by atoms with E-state index in [0.29, 0.717) is 0 Å². The second-order valence-corrected chi connectivity index (χ2v) is 20.9. The van der Waals surface area contributed by atoms with E-state index in [1.54, 1.807) is 0 Å². The van der Waals surface area contributed by atoms with E-state index in [2.05, 4.69) is 327 Å². The van der Waals surface area contributed by atoms with Gasteiger partial charge in [0.1, 0.15) is 0 Å². The van der Waals surface area contributed by atoms with Gasteiger partial charge >= 0.3 is 0 Å². The summed E-state index contributed by atoms with van der Waals surface area (Å²) in [5.74, 6) is 0. The Morgan fingerprint density at radius 1 is 0.218 bits per heavy atom. The molecule has 370 valence electrons. The molecule has 0 spiro atoms. The summed E-state index contributed by atoms with van der Waals surface area (Å²) in [5, 5.41) is 0. The van der Waals surface area contributed by atoms with Crippen molar-refractivity contribution < 1.29 is 0 Å². The van der Waals surface area contributed by atoms with Crippen molar-refractivity contribution in [3.05, 3.63) is 359 Å². The van der Waals surface area contributed by atoms with Crippen molar-refractivity contribution in [1.82, 2.24) is 0 Å². The molecule has 14 rings (SSSR count). The zero-order chi connectivity index (χ0) is 52.2. The molecule has 0 amide bonds. The molecule has 0 saturated carbocycles. The van der Waals surface area contributed by atoms with E-state index in [0.717, 1.165) is 45.3 Å². The molecule has 0 aliphatic heterocycles. The summed E-state index contributed by atoms with van der Waals surface area (Å²) in [4.78, 5) is 4.91. The van der Waals surface area contributed by atoms with Gasteiger partial charge in [0.05, 0.1) is 22.2 Å². The summed E-state index contributed by atoms with van der Waals surface area (Å²) in [5.41, 5.74) is 25.4. The molecule has 78 heavy (non-hydrogen) atoms. The van der Waals surface area contributed by atoms with Crippen molar-refractivity contribution in [1.29, 1.82) is 0 Å². The lowest BCUT2D eigenvalue weighted by atomic mass is 9.67. The predicted molar refractivity (Wildman–Crippen MR) is 325 cm³/mol. The summed E-state index contributed by atoms with van der Waals surface area (Å²) in [6.45, 7) is 4.32.